The van der Waals surface area contributed by atoms with Gasteiger partial charge < -0.3 is 20.1 Å². The van der Waals surface area contributed by atoms with Crippen LogP contribution in [0.4, 0.5) is 10.1 Å². The van der Waals surface area contributed by atoms with Crippen molar-refractivity contribution in [3.05, 3.63) is 83.8 Å². The van der Waals surface area contributed by atoms with Gasteiger partial charge in [0.2, 0.25) is 0 Å². The van der Waals surface area contributed by atoms with Crippen molar-refractivity contribution in [2.24, 2.45) is 0 Å². The molecule has 1 saturated carbocycles. The standard InChI is InChI=1S/C33H37FN6O4/c1-32(2)8-9-33(44-32)16-28(33)38-30(41)23-5-6-25(34)26(14-23)37-31(42)27-19-36-29-15-22(7-10-40(27)29)24-13-21(17-35-18-24)20-39(3)11-12-43-4/h5-7,10,13-15,17-19,28H,8-9,11-12,16,20H2,1-4H3,(H,37,42)(H,38,41)/t28-,33?/m1/s1. The van der Waals surface area contributed by atoms with Gasteiger partial charge in [-0.15, -0.1) is 0 Å². The molecule has 1 saturated heterocycles. The predicted octanol–water partition coefficient (Wildman–Crippen LogP) is 4.70. The zero-order chi connectivity index (χ0) is 31.1. The molecule has 2 aliphatic rings. The lowest BCUT2D eigenvalue weighted by molar-refractivity contribution is -0.0339. The van der Waals surface area contributed by atoms with Crippen molar-refractivity contribution < 1.29 is 23.5 Å². The number of ether oxygens (including phenoxy) is 2. The molecule has 2 N–H and O–H groups in total. The number of imidazole rings is 1. The number of anilines is 1. The fourth-order valence-electron chi connectivity index (χ4n) is 5.91. The molecule has 11 heteroatoms. The maximum Gasteiger partial charge on any atom is 0.274 e. The van der Waals surface area contributed by atoms with E-state index in [9.17, 15) is 14.0 Å². The van der Waals surface area contributed by atoms with E-state index in [1.165, 1.54) is 24.4 Å². The smallest absolute Gasteiger partial charge is 0.274 e. The number of carbonyl (C=O) groups excluding carboxylic acids is 2. The van der Waals surface area contributed by atoms with E-state index in [2.05, 4.69) is 45.4 Å². The normalized spacial score (nSPS) is 20.4. The topological polar surface area (TPSA) is 110 Å². The summed E-state index contributed by atoms with van der Waals surface area (Å²) in [5, 5.41) is 5.62. The maximum absolute atomic E-state index is 14.8. The fraction of sp³-hybridized carbons (Fsp3) is 0.394. The van der Waals surface area contributed by atoms with Crippen LogP contribution in [0.25, 0.3) is 16.8 Å². The molecule has 1 aliphatic heterocycles. The minimum atomic E-state index is -0.643. The Morgan fingerprint density at radius 1 is 1.11 bits per heavy atom. The number of hydrogen-bond acceptors (Lipinski definition) is 7. The van der Waals surface area contributed by atoms with E-state index in [0.29, 0.717) is 12.3 Å². The average Bonchev–Trinajstić information content (AvgIpc) is 3.30. The van der Waals surface area contributed by atoms with Crippen molar-refractivity contribution in [3.63, 3.8) is 0 Å². The number of benzene rings is 1. The van der Waals surface area contributed by atoms with Gasteiger partial charge in [0.05, 0.1) is 35.7 Å². The van der Waals surface area contributed by atoms with E-state index in [4.69, 9.17) is 9.47 Å². The van der Waals surface area contributed by atoms with Crippen molar-refractivity contribution in [1.29, 1.82) is 0 Å². The third-order valence-corrected chi connectivity index (χ3v) is 8.44. The summed E-state index contributed by atoms with van der Waals surface area (Å²) in [4.78, 5) is 37.2. The number of halogens is 1. The Morgan fingerprint density at radius 2 is 1.95 bits per heavy atom. The summed E-state index contributed by atoms with van der Waals surface area (Å²) >= 11 is 0. The number of fused-ring (bicyclic) bond motifs is 1. The highest BCUT2D eigenvalue weighted by Gasteiger charge is 2.62. The van der Waals surface area contributed by atoms with Gasteiger partial charge in [0.25, 0.3) is 11.8 Å². The molecule has 4 heterocycles. The van der Waals surface area contributed by atoms with Crippen LogP contribution in [0.5, 0.6) is 0 Å². The molecule has 6 rings (SSSR count). The molecule has 10 nitrogen and oxygen atoms in total. The molecule has 4 aromatic rings. The Balaban J connectivity index is 1.14. The lowest BCUT2D eigenvalue weighted by atomic mass is 10.0. The molecule has 1 spiro atoms. The molecule has 1 aromatic carbocycles. The highest BCUT2D eigenvalue weighted by atomic mass is 19.1. The van der Waals surface area contributed by atoms with Crippen LogP contribution in [0, 0.1) is 5.82 Å². The van der Waals surface area contributed by atoms with E-state index in [1.54, 1.807) is 23.9 Å². The Bertz CT molecular complexity index is 1720. The number of methoxy groups -OCH3 is 1. The lowest BCUT2D eigenvalue weighted by Gasteiger charge is -2.19. The molecule has 2 fully saturated rings. The first-order valence-electron chi connectivity index (χ1n) is 14.8. The van der Waals surface area contributed by atoms with Gasteiger partial charge in [-0.3, -0.25) is 23.9 Å². The minimum Gasteiger partial charge on any atom is -0.383 e. The number of nitrogens with zero attached hydrogens (tertiary/aromatic N) is 4. The zero-order valence-corrected chi connectivity index (χ0v) is 25.4. The Kier molecular flexibility index (Phi) is 7.95. The van der Waals surface area contributed by atoms with Gasteiger partial charge in [-0.05, 0) is 81.3 Å². The van der Waals surface area contributed by atoms with Gasteiger partial charge in [-0.1, -0.05) is 0 Å². The quantitative estimate of drug-likeness (QED) is 0.272. The highest BCUT2D eigenvalue weighted by Crippen LogP contribution is 2.53. The van der Waals surface area contributed by atoms with Gasteiger partial charge in [-0.25, -0.2) is 9.37 Å². The van der Waals surface area contributed by atoms with E-state index >= 15 is 0 Å². The van der Waals surface area contributed by atoms with Crippen molar-refractivity contribution >= 4 is 23.1 Å². The average molecular weight is 601 g/mol. The molecule has 230 valence electrons. The number of pyridine rings is 2. The summed E-state index contributed by atoms with van der Waals surface area (Å²) in [7, 11) is 3.71. The first-order chi connectivity index (χ1) is 21.1. The number of carbonyl (C=O) groups is 2. The summed E-state index contributed by atoms with van der Waals surface area (Å²) < 4.78 is 27.7. The molecule has 0 radical (unpaired) electrons. The van der Waals surface area contributed by atoms with Crippen LogP contribution in [0.15, 0.2) is 61.2 Å². The zero-order valence-electron chi connectivity index (χ0n) is 25.4. The van der Waals surface area contributed by atoms with Gasteiger partial charge in [-0.2, -0.15) is 0 Å². The van der Waals surface area contributed by atoms with Gasteiger partial charge in [0.15, 0.2) is 0 Å². The van der Waals surface area contributed by atoms with Crippen LogP contribution in [-0.2, 0) is 16.0 Å². The lowest BCUT2D eigenvalue weighted by Crippen LogP contribution is -2.33. The summed E-state index contributed by atoms with van der Waals surface area (Å²) in [6, 6.07) is 9.69. The van der Waals surface area contributed by atoms with E-state index in [0.717, 1.165) is 49.0 Å². The number of nitrogens with one attached hydrogen (secondary N) is 2. The van der Waals surface area contributed by atoms with E-state index in [1.807, 2.05) is 25.4 Å². The van der Waals surface area contributed by atoms with Crippen molar-refractivity contribution in [2.75, 3.05) is 32.6 Å². The van der Waals surface area contributed by atoms with Crippen molar-refractivity contribution in [1.82, 2.24) is 24.6 Å². The molecular formula is C33H37FN6O4. The van der Waals surface area contributed by atoms with E-state index < -0.39 is 11.7 Å². The SMILES string of the molecule is COCCN(C)Cc1cncc(-c2ccn3c(C(=O)Nc4cc(C(=O)N[C@@H]5CC56CCC(C)(C)O6)ccc4F)cnc3c2)c1. The second kappa shape index (κ2) is 11.7. The van der Waals surface area contributed by atoms with Crippen LogP contribution < -0.4 is 10.6 Å². The summed E-state index contributed by atoms with van der Waals surface area (Å²) in [6.45, 7) is 6.30. The number of hydrogen-bond donors (Lipinski definition) is 2. The third kappa shape index (κ3) is 6.21. The molecule has 3 aromatic heterocycles. The number of rotatable bonds is 10. The third-order valence-electron chi connectivity index (χ3n) is 8.44. The number of aromatic nitrogens is 3. The second-order valence-corrected chi connectivity index (χ2v) is 12.4. The minimum absolute atomic E-state index is 0.0802. The Morgan fingerprint density at radius 3 is 2.73 bits per heavy atom. The molecule has 2 atom stereocenters. The summed E-state index contributed by atoms with van der Waals surface area (Å²) in [6.07, 6.45) is 9.42. The number of likely N-dealkylation sites (N-methyl/N-ethyl adjacent to an activating group) is 1. The Hall–Kier alpha value is -4.19. The first kappa shape index (κ1) is 29.9. The number of amides is 2. The van der Waals surface area contributed by atoms with E-state index in [-0.39, 0.29) is 40.1 Å². The van der Waals surface area contributed by atoms with Gasteiger partial charge >= 0.3 is 0 Å². The Labute approximate surface area is 255 Å². The molecule has 1 unspecified atom stereocenters. The molecule has 2 amide bonds. The van der Waals surface area contributed by atoms with Crippen molar-refractivity contribution in [2.45, 2.75) is 56.9 Å². The molecule has 44 heavy (non-hydrogen) atoms. The van der Waals surface area contributed by atoms with Crippen LogP contribution >= 0.6 is 0 Å². The molecule has 0 bridgehead atoms. The largest absolute Gasteiger partial charge is 0.383 e. The van der Waals surface area contributed by atoms with Gasteiger partial charge in [0.1, 0.15) is 17.2 Å². The van der Waals surface area contributed by atoms with Crippen LogP contribution in [0.3, 0.4) is 0 Å². The fourth-order valence-corrected chi connectivity index (χ4v) is 5.91. The second-order valence-electron chi connectivity index (χ2n) is 12.4. The monoisotopic (exact) mass is 600 g/mol. The van der Waals surface area contributed by atoms with Gasteiger partial charge in [0, 0.05) is 56.3 Å². The summed E-state index contributed by atoms with van der Waals surface area (Å²) in [5.74, 6) is -1.53. The first-order valence-corrected chi connectivity index (χ1v) is 14.8. The predicted molar refractivity (Wildman–Crippen MR) is 164 cm³/mol. The molecule has 1 aliphatic carbocycles. The molecular weight excluding hydrogens is 563 g/mol. The van der Waals surface area contributed by atoms with Crippen LogP contribution in [-0.4, -0.2) is 75.6 Å². The highest BCUT2D eigenvalue weighted by molar-refractivity contribution is 6.04. The summed E-state index contributed by atoms with van der Waals surface area (Å²) in [5.41, 5.74) is 3.34. The van der Waals surface area contributed by atoms with Crippen LogP contribution in [0.2, 0.25) is 0 Å². The van der Waals surface area contributed by atoms with Crippen LogP contribution in [0.1, 0.15) is 59.5 Å². The van der Waals surface area contributed by atoms with Crippen molar-refractivity contribution in [3.8, 4) is 11.1 Å². The maximum atomic E-state index is 14.8.